The van der Waals surface area contributed by atoms with Crippen molar-refractivity contribution >= 4 is 0 Å². The van der Waals surface area contributed by atoms with E-state index in [9.17, 15) is 0 Å². The van der Waals surface area contributed by atoms with Gasteiger partial charge in [-0.15, -0.1) is 0 Å². The van der Waals surface area contributed by atoms with E-state index in [4.69, 9.17) is 0 Å². The van der Waals surface area contributed by atoms with E-state index in [0.29, 0.717) is 12.1 Å². The summed E-state index contributed by atoms with van der Waals surface area (Å²) in [5.74, 6) is 0. The molecule has 1 saturated heterocycles. The zero-order valence-electron chi connectivity index (χ0n) is 9.75. The van der Waals surface area contributed by atoms with Gasteiger partial charge in [0.1, 0.15) is 0 Å². The molecule has 84 valence electrons. The number of H-pyrrole nitrogens is 1. The smallest absolute Gasteiger partial charge is 0.0535 e. The summed E-state index contributed by atoms with van der Waals surface area (Å²) in [6.45, 7) is 6.42. The third-order valence-corrected chi connectivity index (χ3v) is 3.40. The molecule has 0 aromatic carbocycles. The number of hydrogen-bond acceptors (Lipinski definition) is 3. The summed E-state index contributed by atoms with van der Waals surface area (Å²) in [4.78, 5) is 2.40. The minimum atomic E-state index is 0.624. The number of aryl methyl sites for hydroxylation is 1. The third-order valence-electron chi connectivity index (χ3n) is 3.40. The molecule has 0 bridgehead atoms. The summed E-state index contributed by atoms with van der Waals surface area (Å²) in [5.41, 5.74) is 2.44. The molecule has 0 aliphatic carbocycles. The largest absolute Gasteiger partial charge is 0.308 e. The number of nitrogens with one attached hydrogen (secondary N) is 2. The number of likely N-dealkylation sites (N-methyl/N-ethyl adjacent to an activating group) is 1. The maximum Gasteiger partial charge on any atom is 0.0535 e. The fourth-order valence-corrected chi connectivity index (χ4v) is 2.15. The normalized spacial score (nSPS) is 27.4. The van der Waals surface area contributed by atoms with Gasteiger partial charge in [0.2, 0.25) is 0 Å². The molecule has 2 atom stereocenters. The van der Waals surface area contributed by atoms with Gasteiger partial charge in [0, 0.05) is 36.4 Å². The number of aromatic nitrogens is 2. The molecular weight excluding hydrogens is 188 g/mol. The predicted octanol–water partition coefficient (Wildman–Crippen LogP) is 0.900. The van der Waals surface area contributed by atoms with Gasteiger partial charge >= 0.3 is 0 Å². The Morgan fingerprint density at radius 3 is 3.00 bits per heavy atom. The third kappa shape index (κ3) is 2.38. The van der Waals surface area contributed by atoms with Crippen molar-refractivity contribution < 1.29 is 0 Å². The Kier molecular flexibility index (Phi) is 3.07. The van der Waals surface area contributed by atoms with Crippen LogP contribution < -0.4 is 5.32 Å². The predicted molar refractivity (Wildman–Crippen MR) is 60.7 cm³/mol. The van der Waals surface area contributed by atoms with Crippen LogP contribution in [-0.4, -0.2) is 40.8 Å². The minimum Gasteiger partial charge on any atom is -0.308 e. The number of rotatable bonds is 3. The molecule has 4 nitrogen and oxygen atoms in total. The van der Waals surface area contributed by atoms with Crippen molar-refractivity contribution in [3.63, 3.8) is 0 Å². The molecule has 0 saturated carbocycles. The first kappa shape index (κ1) is 10.6. The van der Waals surface area contributed by atoms with Crippen LogP contribution >= 0.6 is 0 Å². The van der Waals surface area contributed by atoms with Crippen molar-refractivity contribution in [2.24, 2.45) is 0 Å². The van der Waals surface area contributed by atoms with Crippen LogP contribution in [0.2, 0.25) is 0 Å². The van der Waals surface area contributed by atoms with Gasteiger partial charge in [-0.05, 0) is 27.3 Å². The Bertz CT molecular complexity index is 310. The van der Waals surface area contributed by atoms with Crippen LogP contribution in [0.5, 0.6) is 0 Å². The van der Waals surface area contributed by atoms with Gasteiger partial charge in [-0.3, -0.25) is 5.10 Å². The van der Waals surface area contributed by atoms with E-state index in [0.717, 1.165) is 13.1 Å². The van der Waals surface area contributed by atoms with E-state index in [1.807, 2.05) is 6.20 Å². The molecule has 2 unspecified atom stereocenters. The van der Waals surface area contributed by atoms with Gasteiger partial charge in [-0.25, -0.2) is 0 Å². The second-order valence-electron chi connectivity index (χ2n) is 4.62. The molecule has 4 heteroatoms. The molecule has 1 aromatic rings. The van der Waals surface area contributed by atoms with Crippen LogP contribution in [0, 0.1) is 6.92 Å². The lowest BCUT2D eigenvalue weighted by atomic mass is 10.2. The molecule has 15 heavy (non-hydrogen) atoms. The van der Waals surface area contributed by atoms with Crippen molar-refractivity contribution in [1.29, 1.82) is 0 Å². The number of aromatic amines is 1. The van der Waals surface area contributed by atoms with E-state index in [2.05, 4.69) is 41.3 Å². The van der Waals surface area contributed by atoms with E-state index < -0.39 is 0 Å². The van der Waals surface area contributed by atoms with Gasteiger partial charge in [-0.2, -0.15) is 5.10 Å². The number of likely N-dealkylation sites (tertiary alicyclic amines) is 1. The molecular formula is C11H20N4. The Morgan fingerprint density at radius 1 is 1.67 bits per heavy atom. The quantitative estimate of drug-likeness (QED) is 0.775. The highest BCUT2D eigenvalue weighted by atomic mass is 15.2. The first-order chi connectivity index (χ1) is 7.16. The van der Waals surface area contributed by atoms with Crippen LogP contribution in [0.1, 0.15) is 24.6 Å². The molecule has 1 aliphatic rings. The van der Waals surface area contributed by atoms with Gasteiger partial charge in [0.25, 0.3) is 0 Å². The van der Waals surface area contributed by atoms with Crippen molar-refractivity contribution in [2.75, 3.05) is 13.6 Å². The maximum atomic E-state index is 4.02. The van der Waals surface area contributed by atoms with Crippen molar-refractivity contribution in [3.8, 4) is 0 Å². The molecule has 0 radical (unpaired) electrons. The van der Waals surface area contributed by atoms with E-state index in [1.165, 1.54) is 17.7 Å². The summed E-state index contributed by atoms with van der Waals surface area (Å²) >= 11 is 0. The highest BCUT2D eigenvalue weighted by Gasteiger charge is 2.25. The van der Waals surface area contributed by atoms with Gasteiger partial charge in [0.05, 0.1) is 6.20 Å². The first-order valence-electron chi connectivity index (χ1n) is 5.59. The standard InChI is InChI=1S/C11H20N4/c1-8-4-11(7-15(8)3)12-5-10-6-13-14-9(10)2/h6,8,11-12H,4-5,7H2,1-3H3,(H,13,14). The monoisotopic (exact) mass is 208 g/mol. The van der Waals surface area contributed by atoms with Crippen molar-refractivity contribution in [3.05, 3.63) is 17.5 Å². The summed E-state index contributed by atoms with van der Waals surface area (Å²) in [6, 6.07) is 1.33. The average molecular weight is 208 g/mol. The molecule has 2 rings (SSSR count). The second kappa shape index (κ2) is 4.33. The van der Waals surface area contributed by atoms with Crippen LogP contribution in [0.3, 0.4) is 0 Å². The molecule has 1 aromatic heterocycles. The first-order valence-corrected chi connectivity index (χ1v) is 5.59. The van der Waals surface area contributed by atoms with Crippen LogP contribution in [0.4, 0.5) is 0 Å². The van der Waals surface area contributed by atoms with Crippen LogP contribution in [0.25, 0.3) is 0 Å². The summed E-state index contributed by atoms with van der Waals surface area (Å²) in [5, 5.41) is 10.6. The van der Waals surface area contributed by atoms with Crippen molar-refractivity contribution in [1.82, 2.24) is 20.4 Å². The van der Waals surface area contributed by atoms with Crippen LogP contribution in [-0.2, 0) is 6.54 Å². The Morgan fingerprint density at radius 2 is 2.47 bits per heavy atom. The number of hydrogen-bond donors (Lipinski definition) is 2. The molecule has 2 N–H and O–H groups in total. The minimum absolute atomic E-state index is 0.624. The van der Waals surface area contributed by atoms with Gasteiger partial charge in [-0.1, -0.05) is 0 Å². The van der Waals surface area contributed by atoms with Crippen LogP contribution in [0.15, 0.2) is 6.20 Å². The fourth-order valence-electron chi connectivity index (χ4n) is 2.15. The highest BCUT2D eigenvalue weighted by molar-refractivity contribution is 5.14. The average Bonchev–Trinajstić information content (AvgIpc) is 2.72. The number of nitrogens with zero attached hydrogens (tertiary/aromatic N) is 2. The van der Waals surface area contributed by atoms with Gasteiger partial charge < -0.3 is 10.2 Å². The Balaban J connectivity index is 1.82. The van der Waals surface area contributed by atoms with Gasteiger partial charge in [0.15, 0.2) is 0 Å². The molecule has 1 fully saturated rings. The maximum absolute atomic E-state index is 4.02. The molecule has 0 spiro atoms. The Labute approximate surface area is 91.1 Å². The molecule has 2 heterocycles. The lowest BCUT2D eigenvalue weighted by molar-refractivity contribution is 0.326. The molecule has 1 aliphatic heterocycles. The SMILES string of the molecule is Cc1[nH]ncc1CNC1CC(C)N(C)C1. The summed E-state index contributed by atoms with van der Waals surface area (Å²) in [6.07, 6.45) is 3.15. The summed E-state index contributed by atoms with van der Waals surface area (Å²) < 4.78 is 0. The lowest BCUT2D eigenvalue weighted by Gasteiger charge is -2.13. The van der Waals surface area contributed by atoms with E-state index in [1.54, 1.807) is 0 Å². The zero-order chi connectivity index (χ0) is 10.8. The lowest BCUT2D eigenvalue weighted by Crippen LogP contribution is -2.31. The second-order valence-corrected chi connectivity index (χ2v) is 4.62. The fraction of sp³-hybridized carbons (Fsp3) is 0.727. The highest BCUT2D eigenvalue weighted by Crippen LogP contribution is 2.15. The Hall–Kier alpha value is -0.870. The van der Waals surface area contributed by atoms with E-state index >= 15 is 0 Å². The zero-order valence-corrected chi connectivity index (χ0v) is 9.75. The summed E-state index contributed by atoms with van der Waals surface area (Å²) in [7, 11) is 2.19. The topological polar surface area (TPSA) is 44.0 Å². The van der Waals surface area contributed by atoms with E-state index in [-0.39, 0.29) is 0 Å². The van der Waals surface area contributed by atoms with Crippen molar-refractivity contribution in [2.45, 2.75) is 38.9 Å². The molecule has 0 amide bonds.